The fourth-order valence-electron chi connectivity index (χ4n) is 4.55. The van der Waals surface area contributed by atoms with E-state index in [-0.39, 0.29) is 24.4 Å². The number of nitrogens with one attached hydrogen (secondary N) is 2. The molecule has 0 spiro atoms. The predicted octanol–water partition coefficient (Wildman–Crippen LogP) is 4.33. The van der Waals surface area contributed by atoms with Gasteiger partial charge < -0.3 is 10.6 Å². The molecule has 4 rings (SSSR count). The molecule has 0 aromatic heterocycles. The number of urea groups is 1. The Morgan fingerprint density at radius 1 is 0.912 bits per heavy atom. The third-order valence-electron chi connectivity index (χ3n) is 6.19. The van der Waals surface area contributed by atoms with Crippen molar-refractivity contribution in [2.24, 2.45) is 0 Å². The highest BCUT2D eigenvalue weighted by Crippen LogP contribution is 2.33. The van der Waals surface area contributed by atoms with Crippen LogP contribution < -0.4 is 10.6 Å². The van der Waals surface area contributed by atoms with Crippen molar-refractivity contribution < 1.29 is 14.4 Å². The van der Waals surface area contributed by atoms with Crippen LogP contribution in [0.15, 0.2) is 91.0 Å². The lowest BCUT2D eigenvalue weighted by molar-refractivity contribution is -0.135. The highest BCUT2D eigenvalue weighted by Gasteiger charge is 2.52. The number of carbonyl (C=O) groups excluding carboxylic acids is 3. The molecule has 0 radical (unpaired) electrons. The number of hydrogen-bond donors (Lipinski definition) is 2. The van der Waals surface area contributed by atoms with Gasteiger partial charge in [-0.1, -0.05) is 104 Å². The van der Waals surface area contributed by atoms with Crippen molar-refractivity contribution >= 4 is 17.8 Å². The summed E-state index contributed by atoms with van der Waals surface area (Å²) in [7, 11) is 0. The van der Waals surface area contributed by atoms with Crippen LogP contribution in [0, 0.1) is 0 Å². The first-order chi connectivity index (χ1) is 16.5. The minimum atomic E-state index is -1.14. The minimum Gasteiger partial charge on any atom is -0.347 e. The van der Waals surface area contributed by atoms with E-state index in [2.05, 4.69) is 10.6 Å². The van der Waals surface area contributed by atoms with Crippen molar-refractivity contribution in [1.29, 1.82) is 0 Å². The second-order valence-corrected chi connectivity index (χ2v) is 8.56. The van der Waals surface area contributed by atoms with Crippen molar-refractivity contribution in [1.82, 2.24) is 15.5 Å². The molecule has 3 aromatic rings. The lowest BCUT2D eigenvalue weighted by atomic mass is 9.85. The molecule has 2 atom stereocenters. The number of nitrogens with zero attached hydrogens (tertiary/aromatic N) is 1. The zero-order valence-corrected chi connectivity index (χ0v) is 19.2. The second-order valence-electron chi connectivity index (χ2n) is 8.56. The fraction of sp³-hybridized carbons (Fsp3) is 0.250. The first-order valence-corrected chi connectivity index (χ1v) is 11.6. The Labute approximate surface area is 200 Å². The molecule has 0 aliphatic carbocycles. The van der Waals surface area contributed by atoms with Gasteiger partial charge in [0.2, 0.25) is 5.91 Å². The second kappa shape index (κ2) is 10.3. The Morgan fingerprint density at radius 3 is 2.12 bits per heavy atom. The van der Waals surface area contributed by atoms with E-state index in [4.69, 9.17) is 0 Å². The summed E-state index contributed by atoms with van der Waals surface area (Å²) in [6.07, 6.45) is 1.76. The van der Waals surface area contributed by atoms with Crippen LogP contribution in [0.2, 0.25) is 0 Å². The van der Waals surface area contributed by atoms with Crippen LogP contribution in [0.4, 0.5) is 4.79 Å². The molecule has 3 aromatic carbocycles. The average molecular weight is 456 g/mol. The van der Waals surface area contributed by atoms with Gasteiger partial charge in [0.25, 0.3) is 5.91 Å². The summed E-state index contributed by atoms with van der Waals surface area (Å²) in [5, 5.41) is 5.91. The zero-order chi connectivity index (χ0) is 24.0. The smallest absolute Gasteiger partial charge is 0.325 e. The molecule has 1 aliphatic heterocycles. The van der Waals surface area contributed by atoms with Gasteiger partial charge in [-0.15, -0.1) is 0 Å². The topological polar surface area (TPSA) is 78.5 Å². The Morgan fingerprint density at radius 2 is 1.50 bits per heavy atom. The SMILES string of the molecule is CCCC1(c2ccccc2)NC(=O)N(CC(=O)NC(Cc2ccccc2)c2ccccc2)C1=O. The van der Waals surface area contributed by atoms with Crippen molar-refractivity contribution in [2.75, 3.05) is 6.54 Å². The van der Waals surface area contributed by atoms with Gasteiger partial charge in [-0.05, 0) is 29.5 Å². The molecule has 6 heteroatoms. The van der Waals surface area contributed by atoms with E-state index in [0.717, 1.165) is 21.6 Å². The van der Waals surface area contributed by atoms with Gasteiger partial charge >= 0.3 is 6.03 Å². The van der Waals surface area contributed by atoms with Crippen molar-refractivity contribution in [3.05, 3.63) is 108 Å². The summed E-state index contributed by atoms with van der Waals surface area (Å²) >= 11 is 0. The standard InChI is InChI=1S/C28H29N3O3/c1-2-18-28(23-16-10-5-11-17-23)26(33)31(27(34)30-28)20-25(32)29-24(22-14-8-4-9-15-22)19-21-12-6-3-7-13-21/h3-17,24H,2,18-20H2,1H3,(H,29,32)(H,30,34). The number of rotatable bonds is 9. The maximum absolute atomic E-state index is 13.5. The summed E-state index contributed by atoms with van der Waals surface area (Å²) < 4.78 is 0. The molecule has 6 nitrogen and oxygen atoms in total. The van der Waals surface area contributed by atoms with E-state index in [1.165, 1.54) is 0 Å². The van der Waals surface area contributed by atoms with Gasteiger partial charge in [0.1, 0.15) is 12.1 Å². The first kappa shape index (κ1) is 23.2. The molecule has 2 unspecified atom stereocenters. The van der Waals surface area contributed by atoms with Gasteiger partial charge in [0.15, 0.2) is 0 Å². The lowest BCUT2D eigenvalue weighted by Gasteiger charge is -2.27. The van der Waals surface area contributed by atoms with Crippen LogP contribution >= 0.6 is 0 Å². The lowest BCUT2D eigenvalue weighted by Crippen LogP contribution is -2.45. The highest BCUT2D eigenvalue weighted by molar-refractivity contribution is 6.09. The predicted molar refractivity (Wildman–Crippen MR) is 131 cm³/mol. The third kappa shape index (κ3) is 4.86. The molecule has 0 bridgehead atoms. The maximum atomic E-state index is 13.5. The van der Waals surface area contributed by atoms with E-state index < -0.39 is 11.6 Å². The average Bonchev–Trinajstić information content (AvgIpc) is 3.10. The van der Waals surface area contributed by atoms with Crippen molar-refractivity contribution in [3.63, 3.8) is 0 Å². The molecule has 1 fully saturated rings. The molecular weight excluding hydrogens is 426 g/mol. The summed E-state index contributed by atoms with van der Waals surface area (Å²) in [5.74, 6) is -0.770. The van der Waals surface area contributed by atoms with Gasteiger partial charge in [-0.25, -0.2) is 4.79 Å². The van der Waals surface area contributed by atoms with Crippen molar-refractivity contribution in [2.45, 2.75) is 37.8 Å². The van der Waals surface area contributed by atoms with E-state index in [9.17, 15) is 14.4 Å². The van der Waals surface area contributed by atoms with Crippen LogP contribution in [0.3, 0.4) is 0 Å². The molecular formula is C28H29N3O3. The number of benzene rings is 3. The van der Waals surface area contributed by atoms with Crippen LogP contribution in [-0.2, 0) is 21.5 Å². The molecule has 1 saturated heterocycles. The van der Waals surface area contributed by atoms with E-state index in [0.29, 0.717) is 19.3 Å². The number of amides is 4. The van der Waals surface area contributed by atoms with Crippen LogP contribution in [0.1, 0.15) is 42.5 Å². The number of carbonyl (C=O) groups is 3. The highest BCUT2D eigenvalue weighted by atomic mass is 16.2. The molecule has 174 valence electrons. The van der Waals surface area contributed by atoms with Gasteiger partial charge in [-0.3, -0.25) is 14.5 Å². The van der Waals surface area contributed by atoms with Crippen molar-refractivity contribution in [3.8, 4) is 0 Å². The third-order valence-corrected chi connectivity index (χ3v) is 6.19. The zero-order valence-electron chi connectivity index (χ0n) is 19.2. The first-order valence-electron chi connectivity index (χ1n) is 11.6. The molecule has 1 aliphatic rings. The van der Waals surface area contributed by atoms with Crippen LogP contribution in [0.25, 0.3) is 0 Å². The van der Waals surface area contributed by atoms with E-state index in [1.807, 2.05) is 97.9 Å². The summed E-state index contributed by atoms with van der Waals surface area (Å²) in [4.78, 5) is 40.4. The van der Waals surface area contributed by atoms with Crippen LogP contribution in [-0.4, -0.2) is 29.3 Å². The Bertz CT molecular complexity index is 1140. The maximum Gasteiger partial charge on any atom is 0.325 e. The summed E-state index contributed by atoms with van der Waals surface area (Å²) in [6, 6.07) is 28.0. The van der Waals surface area contributed by atoms with Gasteiger partial charge in [0, 0.05) is 0 Å². The molecule has 34 heavy (non-hydrogen) atoms. The Hall–Kier alpha value is -3.93. The molecule has 4 amide bonds. The van der Waals surface area contributed by atoms with Gasteiger partial charge in [0.05, 0.1) is 6.04 Å². The summed E-state index contributed by atoms with van der Waals surface area (Å²) in [5.41, 5.74) is 1.62. The number of imide groups is 1. The van der Waals surface area contributed by atoms with E-state index in [1.54, 1.807) is 0 Å². The fourth-order valence-corrected chi connectivity index (χ4v) is 4.55. The minimum absolute atomic E-state index is 0.286. The Kier molecular flexibility index (Phi) is 7.07. The Balaban J connectivity index is 1.52. The summed E-state index contributed by atoms with van der Waals surface area (Å²) in [6.45, 7) is 1.63. The largest absolute Gasteiger partial charge is 0.347 e. The monoisotopic (exact) mass is 455 g/mol. The van der Waals surface area contributed by atoms with E-state index >= 15 is 0 Å². The molecule has 1 heterocycles. The number of hydrogen-bond acceptors (Lipinski definition) is 3. The molecule has 0 saturated carbocycles. The molecule has 2 N–H and O–H groups in total. The van der Waals surface area contributed by atoms with Crippen LogP contribution in [0.5, 0.6) is 0 Å². The normalized spacial score (nSPS) is 18.4. The quantitative estimate of drug-likeness (QED) is 0.471. The van der Waals surface area contributed by atoms with Gasteiger partial charge in [-0.2, -0.15) is 0 Å².